The summed E-state index contributed by atoms with van der Waals surface area (Å²) >= 11 is 0. The minimum Gasteiger partial charge on any atom is -0.366 e. The predicted molar refractivity (Wildman–Crippen MR) is 97.0 cm³/mol. The highest BCUT2D eigenvalue weighted by molar-refractivity contribution is 6.17. The Morgan fingerprint density at radius 2 is 1.85 bits per heavy atom. The van der Waals surface area contributed by atoms with Crippen LogP contribution in [0.25, 0.3) is 21.8 Å². The molecule has 3 aromatic carbocycles. The predicted octanol–water partition coefficient (Wildman–Crippen LogP) is 4.33. The van der Waals surface area contributed by atoms with Crippen molar-refractivity contribution in [2.45, 2.75) is 13.5 Å². The number of fused-ring (bicyclic) bond motifs is 3. The molecule has 5 heteroatoms. The summed E-state index contributed by atoms with van der Waals surface area (Å²) in [7, 11) is 0. The van der Waals surface area contributed by atoms with E-state index in [0.717, 1.165) is 0 Å². The highest BCUT2D eigenvalue weighted by atomic mass is 19.1. The van der Waals surface area contributed by atoms with Gasteiger partial charge in [-0.15, -0.1) is 0 Å². The van der Waals surface area contributed by atoms with Gasteiger partial charge in [0.15, 0.2) is 0 Å². The van der Waals surface area contributed by atoms with Crippen LogP contribution in [-0.4, -0.2) is 10.5 Å². The number of hydrogen-bond acceptors (Lipinski definition) is 1. The second-order valence-electron chi connectivity index (χ2n) is 6.26. The van der Waals surface area contributed by atoms with E-state index in [1.807, 2.05) is 4.57 Å². The number of amides is 1. The van der Waals surface area contributed by atoms with Crippen LogP contribution in [0.1, 0.15) is 21.5 Å². The van der Waals surface area contributed by atoms with Gasteiger partial charge in [-0.05, 0) is 36.8 Å². The van der Waals surface area contributed by atoms with Crippen LogP contribution in [0.3, 0.4) is 0 Å². The summed E-state index contributed by atoms with van der Waals surface area (Å²) in [6, 6.07) is 15.9. The lowest BCUT2D eigenvalue weighted by atomic mass is 10.1. The molecule has 4 aromatic rings. The number of carbonyl (C=O) groups excluding carboxylic acids is 1. The standard InChI is InChI=1S/C21H15F2N2O/c1-12-4-2-5-13(20(12)23)11-25-17-9-8-14(22)10-16(17)19-15(21(24)26)6-3-7-18(19)25/h2-9H,11H2,1H3,(H2,24,26). The topological polar surface area (TPSA) is 48.0 Å². The molecule has 0 saturated heterocycles. The lowest BCUT2D eigenvalue weighted by Gasteiger charge is -2.10. The van der Waals surface area contributed by atoms with Crippen molar-refractivity contribution in [1.82, 2.24) is 4.57 Å². The monoisotopic (exact) mass is 349 g/mol. The first-order chi connectivity index (χ1) is 12.5. The number of nitrogens with zero attached hydrogens (tertiary/aromatic N) is 1. The fraction of sp³-hybridized carbons (Fsp3) is 0.0952. The quantitative estimate of drug-likeness (QED) is 0.588. The maximum Gasteiger partial charge on any atom is 0.249 e. The molecule has 0 aliphatic rings. The van der Waals surface area contributed by atoms with Gasteiger partial charge in [-0.3, -0.25) is 4.79 Å². The van der Waals surface area contributed by atoms with Crippen LogP contribution < -0.4 is 5.73 Å². The van der Waals surface area contributed by atoms with Crippen LogP contribution >= 0.6 is 0 Å². The van der Waals surface area contributed by atoms with Crippen LogP contribution in [0.4, 0.5) is 8.78 Å². The van der Waals surface area contributed by atoms with Crippen LogP contribution in [0.15, 0.2) is 48.5 Å². The smallest absolute Gasteiger partial charge is 0.249 e. The lowest BCUT2D eigenvalue weighted by molar-refractivity contribution is 0.100. The maximum absolute atomic E-state index is 14.5. The van der Waals surface area contributed by atoms with Gasteiger partial charge in [0.05, 0.1) is 17.6 Å². The Bertz CT molecular complexity index is 1180. The van der Waals surface area contributed by atoms with Crippen molar-refractivity contribution in [1.29, 1.82) is 0 Å². The van der Waals surface area contributed by atoms with E-state index in [4.69, 9.17) is 5.73 Å². The van der Waals surface area contributed by atoms with Gasteiger partial charge < -0.3 is 10.3 Å². The molecule has 129 valence electrons. The number of halogens is 2. The van der Waals surface area contributed by atoms with Gasteiger partial charge >= 0.3 is 0 Å². The molecule has 3 nitrogen and oxygen atoms in total. The Morgan fingerprint density at radius 1 is 1.08 bits per heavy atom. The van der Waals surface area contributed by atoms with E-state index >= 15 is 0 Å². The highest BCUT2D eigenvalue weighted by Gasteiger charge is 2.18. The average Bonchev–Trinajstić information content (AvgIpc) is 2.92. The fourth-order valence-corrected chi connectivity index (χ4v) is 3.41. The van der Waals surface area contributed by atoms with E-state index < -0.39 is 11.7 Å². The highest BCUT2D eigenvalue weighted by Crippen LogP contribution is 2.32. The Hall–Kier alpha value is -3.21. The number of primary amides is 1. The minimum atomic E-state index is -0.603. The molecule has 1 aromatic heterocycles. The first-order valence-electron chi connectivity index (χ1n) is 8.14. The molecule has 0 spiro atoms. The molecule has 4 rings (SSSR count). The van der Waals surface area contributed by atoms with Crippen LogP contribution in [0.5, 0.6) is 0 Å². The van der Waals surface area contributed by atoms with Gasteiger partial charge in [0, 0.05) is 28.0 Å². The van der Waals surface area contributed by atoms with Crippen LogP contribution in [0, 0.1) is 24.6 Å². The van der Waals surface area contributed by atoms with Crippen molar-refractivity contribution < 1.29 is 13.6 Å². The molecule has 1 radical (unpaired) electrons. The molecule has 0 atom stereocenters. The van der Waals surface area contributed by atoms with Gasteiger partial charge in [-0.2, -0.15) is 0 Å². The van der Waals surface area contributed by atoms with Gasteiger partial charge in [0.1, 0.15) is 11.6 Å². The van der Waals surface area contributed by atoms with Gasteiger partial charge in [0.2, 0.25) is 5.91 Å². The Balaban J connectivity index is 2.06. The van der Waals surface area contributed by atoms with Crippen molar-refractivity contribution in [2.24, 2.45) is 5.73 Å². The largest absolute Gasteiger partial charge is 0.366 e. The van der Waals surface area contributed by atoms with E-state index in [2.05, 4.69) is 6.07 Å². The van der Waals surface area contributed by atoms with Gasteiger partial charge in [0.25, 0.3) is 0 Å². The number of benzene rings is 3. The number of nitrogens with two attached hydrogens (primary N) is 1. The number of rotatable bonds is 3. The summed E-state index contributed by atoms with van der Waals surface area (Å²) in [6.07, 6.45) is 0. The maximum atomic E-state index is 14.5. The van der Waals surface area contributed by atoms with Crippen molar-refractivity contribution in [3.63, 3.8) is 0 Å². The molecule has 26 heavy (non-hydrogen) atoms. The Labute approximate surface area is 148 Å². The summed E-state index contributed by atoms with van der Waals surface area (Å²) in [5, 5.41) is 0.991. The minimum absolute atomic E-state index is 0.245. The van der Waals surface area contributed by atoms with Crippen molar-refractivity contribution in [3.05, 3.63) is 82.9 Å². The third kappa shape index (κ3) is 2.44. The summed E-state index contributed by atoms with van der Waals surface area (Å²) in [4.78, 5) is 11.9. The molecule has 1 amide bonds. The third-order valence-electron chi connectivity index (χ3n) is 4.63. The van der Waals surface area contributed by atoms with Crippen molar-refractivity contribution in [2.75, 3.05) is 0 Å². The summed E-state index contributed by atoms with van der Waals surface area (Å²) < 4.78 is 30.2. The summed E-state index contributed by atoms with van der Waals surface area (Å²) in [6.45, 7) is 1.95. The summed E-state index contributed by atoms with van der Waals surface area (Å²) in [5.41, 5.74) is 8.20. The molecular weight excluding hydrogens is 334 g/mol. The number of aryl methyl sites for hydroxylation is 1. The lowest BCUT2D eigenvalue weighted by Crippen LogP contribution is -2.11. The number of carbonyl (C=O) groups is 1. The first kappa shape index (κ1) is 16.3. The van der Waals surface area contributed by atoms with Crippen LogP contribution in [0.2, 0.25) is 0 Å². The van der Waals surface area contributed by atoms with E-state index in [9.17, 15) is 13.6 Å². The van der Waals surface area contributed by atoms with Crippen molar-refractivity contribution >= 4 is 27.7 Å². The molecule has 2 N–H and O–H groups in total. The molecule has 1 heterocycles. The Morgan fingerprint density at radius 3 is 2.62 bits per heavy atom. The van der Waals surface area contributed by atoms with E-state index in [1.165, 1.54) is 6.07 Å². The molecule has 0 saturated carbocycles. The zero-order valence-electron chi connectivity index (χ0n) is 14.0. The van der Waals surface area contributed by atoms with Gasteiger partial charge in [-0.25, -0.2) is 8.78 Å². The van der Waals surface area contributed by atoms with E-state index in [1.54, 1.807) is 49.4 Å². The first-order valence-corrected chi connectivity index (χ1v) is 8.14. The number of hydrogen-bond donors (Lipinski definition) is 1. The van der Waals surface area contributed by atoms with Crippen LogP contribution in [-0.2, 0) is 6.54 Å². The Kier molecular flexibility index (Phi) is 3.72. The molecule has 0 unspecified atom stereocenters. The van der Waals surface area contributed by atoms with Gasteiger partial charge in [-0.1, -0.05) is 24.3 Å². The second kappa shape index (κ2) is 5.95. The second-order valence-corrected chi connectivity index (χ2v) is 6.26. The zero-order chi connectivity index (χ0) is 18.4. The molecule has 0 fully saturated rings. The fourth-order valence-electron chi connectivity index (χ4n) is 3.41. The molecule has 0 aliphatic heterocycles. The third-order valence-corrected chi connectivity index (χ3v) is 4.63. The normalized spacial score (nSPS) is 11.3. The molecular formula is C21H15F2N2O. The molecule has 0 bridgehead atoms. The van der Waals surface area contributed by atoms with Crippen molar-refractivity contribution in [3.8, 4) is 0 Å². The molecule has 0 aliphatic carbocycles. The SMILES string of the molecule is Cc1cccc(Cn2c3ccc(F)[c]c3c3c(C(N)=O)cccc32)c1F. The van der Waals surface area contributed by atoms with E-state index in [0.29, 0.717) is 32.9 Å². The average molecular weight is 349 g/mol. The number of aromatic nitrogens is 1. The summed E-state index contributed by atoms with van der Waals surface area (Å²) in [5.74, 6) is -1.41. The zero-order valence-corrected chi connectivity index (χ0v) is 14.0. The van der Waals surface area contributed by atoms with E-state index in [-0.39, 0.29) is 17.9 Å².